The molecule has 0 fully saturated rings. The highest BCUT2D eigenvalue weighted by Crippen LogP contribution is 2.16. The fourth-order valence-corrected chi connectivity index (χ4v) is 2.31. The van der Waals surface area contributed by atoms with Crippen molar-refractivity contribution in [3.8, 4) is 0 Å². The van der Waals surface area contributed by atoms with Crippen molar-refractivity contribution in [1.29, 1.82) is 0 Å². The molecule has 0 saturated carbocycles. The van der Waals surface area contributed by atoms with Gasteiger partial charge in [-0.25, -0.2) is 0 Å². The van der Waals surface area contributed by atoms with Crippen molar-refractivity contribution in [3.63, 3.8) is 0 Å². The Morgan fingerprint density at radius 2 is 1.30 bits per heavy atom. The smallest absolute Gasteiger partial charge is 0.0314 e. The van der Waals surface area contributed by atoms with Gasteiger partial charge >= 0.3 is 0 Å². The summed E-state index contributed by atoms with van der Waals surface area (Å²) < 4.78 is 0. The van der Waals surface area contributed by atoms with Crippen LogP contribution in [0.15, 0.2) is 48.5 Å². The molecule has 0 heterocycles. The normalized spacial score (nSPS) is 11.2. The highest BCUT2D eigenvalue weighted by Gasteiger charge is 2.03. The van der Waals surface area contributed by atoms with E-state index in [0.29, 0.717) is 5.92 Å². The first-order valence-electron chi connectivity index (χ1n) is 7.16. The minimum atomic E-state index is 0.594. The van der Waals surface area contributed by atoms with E-state index in [2.05, 4.69) is 62.2 Å². The van der Waals surface area contributed by atoms with E-state index in [0.717, 1.165) is 18.8 Å². The van der Waals surface area contributed by atoms with Gasteiger partial charge in [0, 0.05) is 18.8 Å². The van der Waals surface area contributed by atoms with Gasteiger partial charge < -0.3 is 5.73 Å². The van der Waals surface area contributed by atoms with E-state index in [1.165, 1.54) is 16.7 Å². The molecule has 2 aromatic rings. The molecule has 2 N–H and O–H groups in total. The zero-order chi connectivity index (χ0) is 14.5. The van der Waals surface area contributed by atoms with Crippen LogP contribution in [0.3, 0.4) is 0 Å². The summed E-state index contributed by atoms with van der Waals surface area (Å²) in [5, 5.41) is 0. The molecule has 0 spiro atoms. The number of hydrogen-bond acceptors (Lipinski definition) is 2. The molecule has 0 aromatic heterocycles. The second-order valence-electron chi connectivity index (χ2n) is 5.81. The van der Waals surface area contributed by atoms with Gasteiger partial charge in [0.2, 0.25) is 0 Å². The SMILES string of the molecule is CC(C)c1ccc(CN(C)Cc2ccc(N)cc2)cc1. The lowest BCUT2D eigenvalue weighted by Crippen LogP contribution is -2.17. The second kappa shape index (κ2) is 6.58. The summed E-state index contributed by atoms with van der Waals surface area (Å²) in [6.45, 7) is 6.35. The maximum absolute atomic E-state index is 5.71. The Morgan fingerprint density at radius 3 is 1.75 bits per heavy atom. The van der Waals surface area contributed by atoms with Gasteiger partial charge in [-0.2, -0.15) is 0 Å². The lowest BCUT2D eigenvalue weighted by atomic mass is 10.0. The zero-order valence-corrected chi connectivity index (χ0v) is 12.6. The summed E-state index contributed by atoms with van der Waals surface area (Å²) in [6, 6.07) is 17.0. The van der Waals surface area contributed by atoms with Crippen molar-refractivity contribution in [2.75, 3.05) is 12.8 Å². The number of rotatable bonds is 5. The predicted molar refractivity (Wildman–Crippen MR) is 86.6 cm³/mol. The van der Waals surface area contributed by atoms with Crippen LogP contribution in [0.5, 0.6) is 0 Å². The molecule has 0 saturated heterocycles. The highest BCUT2D eigenvalue weighted by atomic mass is 15.1. The van der Waals surface area contributed by atoms with Crippen LogP contribution in [0.2, 0.25) is 0 Å². The Kier molecular flexibility index (Phi) is 4.80. The first-order chi connectivity index (χ1) is 9.54. The summed E-state index contributed by atoms with van der Waals surface area (Å²) in [7, 11) is 2.15. The minimum absolute atomic E-state index is 0.594. The van der Waals surface area contributed by atoms with Gasteiger partial charge in [0.15, 0.2) is 0 Å². The molecule has 0 aliphatic rings. The largest absolute Gasteiger partial charge is 0.399 e. The summed E-state index contributed by atoms with van der Waals surface area (Å²) in [5.41, 5.74) is 10.6. The third kappa shape index (κ3) is 4.10. The molecule has 20 heavy (non-hydrogen) atoms. The summed E-state index contributed by atoms with van der Waals surface area (Å²) >= 11 is 0. The van der Waals surface area contributed by atoms with Crippen LogP contribution in [0.1, 0.15) is 36.5 Å². The fraction of sp³-hybridized carbons (Fsp3) is 0.333. The van der Waals surface area contributed by atoms with E-state index in [4.69, 9.17) is 5.73 Å². The molecule has 2 heteroatoms. The lowest BCUT2D eigenvalue weighted by molar-refractivity contribution is 0.319. The van der Waals surface area contributed by atoms with E-state index in [-0.39, 0.29) is 0 Å². The third-order valence-electron chi connectivity index (χ3n) is 3.53. The van der Waals surface area contributed by atoms with Gasteiger partial charge in [-0.1, -0.05) is 50.2 Å². The highest BCUT2D eigenvalue weighted by molar-refractivity contribution is 5.39. The monoisotopic (exact) mass is 268 g/mol. The number of nitrogen functional groups attached to an aromatic ring is 1. The average Bonchev–Trinajstić information content (AvgIpc) is 2.42. The summed E-state index contributed by atoms with van der Waals surface area (Å²) in [5.74, 6) is 0.594. The molecule has 0 radical (unpaired) electrons. The van der Waals surface area contributed by atoms with Gasteiger partial charge in [0.1, 0.15) is 0 Å². The number of anilines is 1. The molecule has 2 aromatic carbocycles. The first-order valence-corrected chi connectivity index (χ1v) is 7.16. The maximum atomic E-state index is 5.71. The Morgan fingerprint density at radius 1 is 0.850 bits per heavy atom. The molecule has 0 unspecified atom stereocenters. The fourth-order valence-electron chi connectivity index (χ4n) is 2.31. The van der Waals surface area contributed by atoms with Gasteiger partial charge in [-0.05, 0) is 41.8 Å². The standard InChI is InChI=1S/C18H24N2/c1-14(2)17-8-4-15(5-9-17)12-20(3)13-16-6-10-18(19)11-7-16/h4-11,14H,12-13,19H2,1-3H3. The number of benzene rings is 2. The Labute approximate surface area is 122 Å². The second-order valence-corrected chi connectivity index (χ2v) is 5.81. The van der Waals surface area contributed by atoms with Crippen LogP contribution in [0.25, 0.3) is 0 Å². The van der Waals surface area contributed by atoms with Gasteiger partial charge in [0.05, 0.1) is 0 Å². The molecule has 0 atom stereocenters. The predicted octanol–water partition coefficient (Wildman–Crippen LogP) is 4.02. The van der Waals surface area contributed by atoms with Gasteiger partial charge in [-0.3, -0.25) is 4.90 Å². The number of hydrogen-bond donors (Lipinski definition) is 1. The van der Waals surface area contributed by atoms with Crippen LogP contribution in [-0.2, 0) is 13.1 Å². The van der Waals surface area contributed by atoms with E-state index in [1.807, 2.05) is 12.1 Å². The van der Waals surface area contributed by atoms with Crippen molar-refractivity contribution >= 4 is 5.69 Å². The van der Waals surface area contributed by atoms with Gasteiger partial charge in [-0.15, -0.1) is 0 Å². The lowest BCUT2D eigenvalue weighted by Gasteiger charge is -2.17. The molecule has 0 bridgehead atoms. The van der Waals surface area contributed by atoms with Crippen LogP contribution >= 0.6 is 0 Å². The first kappa shape index (κ1) is 14.6. The van der Waals surface area contributed by atoms with Crippen LogP contribution in [-0.4, -0.2) is 11.9 Å². The Balaban J connectivity index is 1.93. The topological polar surface area (TPSA) is 29.3 Å². The van der Waals surface area contributed by atoms with Crippen molar-refractivity contribution < 1.29 is 0 Å². The Hall–Kier alpha value is -1.80. The number of nitrogens with two attached hydrogens (primary N) is 1. The van der Waals surface area contributed by atoms with E-state index >= 15 is 0 Å². The number of nitrogens with zero attached hydrogens (tertiary/aromatic N) is 1. The molecule has 0 amide bonds. The zero-order valence-electron chi connectivity index (χ0n) is 12.6. The molecular weight excluding hydrogens is 244 g/mol. The van der Waals surface area contributed by atoms with Crippen LogP contribution < -0.4 is 5.73 Å². The third-order valence-corrected chi connectivity index (χ3v) is 3.53. The van der Waals surface area contributed by atoms with Crippen LogP contribution in [0.4, 0.5) is 5.69 Å². The van der Waals surface area contributed by atoms with Gasteiger partial charge in [0.25, 0.3) is 0 Å². The molecule has 2 nitrogen and oxygen atoms in total. The Bertz CT molecular complexity index is 526. The minimum Gasteiger partial charge on any atom is -0.399 e. The summed E-state index contributed by atoms with van der Waals surface area (Å²) in [6.07, 6.45) is 0. The molecular formula is C18H24N2. The van der Waals surface area contributed by atoms with Crippen molar-refractivity contribution in [1.82, 2.24) is 4.90 Å². The van der Waals surface area contributed by atoms with Crippen molar-refractivity contribution in [2.24, 2.45) is 0 Å². The molecule has 2 rings (SSSR count). The van der Waals surface area contributed by atoms with E-state index < -0.39 is 0 Å². The van der Waals surface area contributed by atoms with E-state index in [9.17, 15) is 0 Å². The van der Waals surface area contributed by atoms with E-state index in [1.54, 1.807) is 0 Å². The molecule has 106 valence electrons. The molecule has 0 aliphatic heterocycles. The van der Waals surface area contributed by atoms with Crippen molar-refractivity contribution in [3.05, 3.63) is 65.2 Å². The average molecular weight is 268 g/mol. The summed E-state index contributed by atoms with van der Waals surface area (Å²) in [4.78, 5) is 2.32. The molecule has 0 aliphatic carbocycles. The van der Waals surface area contributed by atoms with Crippen LogP contribution in [0, 0.1) is 0 Å². The van der Waals surface area contributed by atoms with Crippen molar-refractivity contribution in [2.45, 2.75) is 32.9 Å². The quantitative estimate of drug-likeness (QED) is 0.830. The maximum Gasteiger partial charge on any atom is 0.0314 e.